The second-order valence-electron chi connectivity index (χ2n) is 9.17. The molecule has 0 unspecified atom stereocenters. The van der Waals surface area contributed by atoms with Gasteiger partial charge in [-0.15, -0.1) is 0 Å². The molecule has 0 aliphatic rings. The average molecular weight is 515 g/mol. The molecular weight excluding hydrogens is 480 g/mol. The lowest BCUT2D eigenvalue weighted by molar-refractivity contribution is -0.146. The van der Waals surface area contributed by atoms with Gasteiger partial charge in [-0.1, -0.05) is 105 Å². The molecule has 0 saturated carbocycles. The summed E-state index contributed by atoms with van der Waals surface area (Å²) in [5.41, 5.74) is 1.46. The summed E-state index contributed by atoms with van der Waals surface area (Å²) < 4.78 is 4.73. The van der Waals surface area contributed by atoms with Crippen LogP contribution in [0.1, 0.15) is 49.8 Å². The van der Waals surface area contributed by atoms with Gasteiger partial charge in [0.1, 0.15) is 5.54 Å². The number of esters is 1. The Bertz CT molecular complexity index is 1130. The van der Waals surface area contributed by atoms with E-state index in [0.29, 0.717) is 0 Å². The van der Waals surface area contributed by atoms with Gasteiger partial charge in [-0.3, -0.25) is 19.2 Å². The Morgan fingerprint density at radius 2 is 1.18 bits per heavy atom. The van der Waals surface area contributed by atoms with Crippen LogP contribution in [0.5, 0.6) is 0 Å². The summed E-state index contributed by atoms with van der Waals surface area (Å²) in [6, 6.07) is 27.7. The first kappa shape index (κ1) is 28.3. The molecule has 2 amide bonds. The van der Waals surface area contributed by atoms with E-state index in [-0.39, 0.29) is 25.2 Å². The highest BCUT2D eigenvalue weighted by atomic mass is 16.5. The molecule has 0 aromatic heterocycles. The van der Waals surface area contributed by atoms with E-state index in [1.165, 1.54) is 7.11 Å². The molecule has 3 aromatic carbocycles. The van der Waals surface area contributed by atoms with Crippen molar-refractivity contribution >= 4 is 23.6 Å². The highest BCUT2D eigenvalue weighted by Gasteiger charge is 2.39. The summed E-state index contributed by atoms with van der Waals surface area (Å²) in [5, 5.41) is 5.87. The van der Waals surface area contributed by atoms with Gasteiger partial charge in [-0.25, -0.2) is 0 Å². The number of methoxy groups -OCH3 is 1. The third-order valence-corrected chi connectivity index (χ3v) is 6.49. The fraction of sp³-hybridized carbons (Fsp3) is 0.290. The summed E-state index contributed by atoms with van der Waals surface area (Å²) in [4.78, 5) is 51.0. The lowest BCUT2D eigenvalue weighted by Crippen LogP contribution is -2.51. The van der Waals surface area contributed by atoms with E-state index < -0.39 is 35.2 Å². The summed E-state index contributed by atoms with van der Waals surface area (Å²) in [5.74, 6) is -2.43. The van der Waals surface area contributed by atoms with Crippen LogP contribution in [0.4, 0.5) is 0 Å². The molecule has 0 saturated heterocycles. The summed E-state index contributed by atoms with van der Waals surface area (Å²) in [7, 11) is 1.25. The Labute approximate surface area is 223 Å². The minimum Gasteiger partial charge on any atom is -0.469 e. The average Bonchev–Trinajstić information content (AvgIpc) is 2.96. The van der Waals surface area contributed by atoms with Crippen LogP contribution in [-0.2, 0) is 29.5 Å². The van der Waals surface area contributed by atoms with Gasteiger partial charge < -0.3 is 15.4 Å². The summed E-state index contributed by atoms with van der Waals surface area (Å²) in [6.07, 6.45) is -0.289. The van der Waals surface area contributed by atoms with E-state index in [0.717, 1.165) is 16.7 Å². The SMILES string of the molecule is CCC(=O)N[C@H](CC(=O)NC(c1ccccc1)(c1ccccc1)c1ccccc1)C(=O)C[C@@H](C)C(=O)OC. The molecule has 0 spiro atoms. The van der Waals surface area contributed by atoms with Gasteiger partial charge in [0.25, 0.3) is 0 Å². The first-order chi connectivity index (χ1) is 18.3. The largest absolute Gasteiger partial charge is 0.469 e. The van der Waals surface area contributed by atoms with Crippen LogP contribution in [0, 0.1) is 5.92 Å². The molecule has 0 heterocycles. The van der Waals surface area contributed by atoms with E-state index in [2.05, 4.69) is 10.6 Å². The van der Waals surface area contributed by atoms with Crippen molar-refractivity contribution < 1.29 is 23.9 Å². The molecule has 0 aliphatic heterocycles. The minimum absolute atomic E-state index is 0.153. The number of nitrogens with one attached hydrogen (secondary N) is 2. The first-order valence-corrected chi connectivity index (χ1v) is 12.7. The number of ketones is 1. The number of carbonyl (C=O) groups excluding carboxylic acids is 4. The molecule has 3 rings (SSSR count). The topological polar surface area (TPSA) is 102 Å². The molecule has 0 radical (unpaired) electrons. The Morgan fingerprint density at radius 3 is 1.58 bits per heavy atom. The maximum atomic E-state index is 13.7. The fourth-order valence-electron chi connectivity index (χ4n) is 4.50. The smallest absolute Gasteiger partial charge is 0.308 e. The van der Waals surface area contributed by atoms with Crippen LogP contribution in [0.25, 0.3) is 0 Å². The molecule has 0 bridgehead atoms. The monoisotopic (exact) mass is 514 g/mol. The molecule has 3 aromatic rings. The maximum Gasteiger partial charge on any atom is 0.308 e. The zero-order valence-corrected chi connectivity index (χ0v) is 22.0. The molecule has 0 fully saturated rings. The number of benzene rings is 3. The van der Waals surface area contributed by atoms with Gasteiger partial charge >= 0.3 is 5.97 Å². The molecule has 0 aliphatic carbocycles. The Kier molecular flexibility index (Phi) is 9.93. The fourth-order valence-corrected chi connectivity index (χ4v) is 4.50. The summed E-state index contributed by atoms with van der Waals surface area (Å²) >= 11 is 0. The number of carbonyl (C=O) groups is 4. The van der Waals surface area contributed by atoms with Crippen molar-refractivity contribution in [1.82, 2.24) is 10.6 Å². The van der Waals surface area contributed by atoms with Gasteiger partial charge in [0.2, 0.25) is 11.8 Å². The van der Waals surface area contributed by atoms with Crippen molar-refractivity contribution in [3.8, 4) is 0 Å². The van der Waals surface area contributed by atoms with Crippen molar-refractivity contribution in [2.75, 3.05) is 7.11 Å². The van der Waals surface area contributed by atoms with Crippen LogP contribution in [-0.4, -0.2) is 36.7 Å². The quantitative estimate of drug-likeness (QED) is 0.279. The van der Waals surface area contributed by atoms with Crippen LogP contribution in [0.2, 0.25) is 0 Å². The van der Waals surface area contributed by atoms with Crippen molar-refractivity contribution in [2.45, 2.75) is 44.7 Å². The molecular formula is C31H34N2O5. The third-order valence-electron chi connectivity index (χ3n) is 6.49. The van der Waals surface area contributed by atoms with Gasteiger partial charge in [0.05, 0.1) is 25.5 Å². The summed E-state index contributed by atoms with van der Waals surface area (Å²) in [6.45, 7) is 3.24. The normalized spacial score (nSPS) is 12.6. The second kappa shape index (κ2) is 13.3. The zero-order valence-electron chi connectivity index (χ0n) is 22.0. The van der Waals surface area contributed by atoms with Crippen molar-refractivity contribution in [1.29, 1.82) is 0 Å². The molecule has 198 valence electrons. The van der Waals surface area contributed by atoms with Crippen LogP contribution < -0.4 is 10.6 Å². The number of Topliss-reactive ketones (excluding diaryl/α,β-unsaturated/α-hetero) is 1. The third kappa shape index (κ3) is 6.73. The molecule has 7 heteroatoms. The van der Waals surface area contributed by atoms with Crippen LogP contribution in [0.3, 0.4) is 0 Å². The first-order valence-electron chi connectivity index (χ1n) is 12.7. The van der Waals surface area contributed by atoms with Crippen molar-refractivity contribution in [2.24, 2.45) is 5.92 Å². The Morgan fingerprint density at radius 1 is 0.737 bits per heavy atom. The van der Waals surface area contributed by atoms with E-state index in [1.54, 1.807) is 13.8 Å². The van der Waals surface area contributed by atoms with Crippen LogP contribution in [0.15, 0.2) is 91.0 Å². The number of ether oxygens (including phenoxy) is 1. The lowest BCUT2D eigenvalue weighted by atomic mass is 9.76. The van der Waals surface area contributed by atoms with Gasteiger partial charge in [-0.05, 0) is 16.7 Å². The second-order valence-corrected chi connectivity index (χ2v) is 9.17. The predicted octanol–water partition coefficient (Wildman–Crippen LogP) is 4.15. The van der Waals surface area contributed by atoms with Gasteiger partial charge in [0.15, 0.2) is 5.78 Å². The molecule has 2 atom stereocenters. The Hall–Kier alpha value is -4.26. The van der Waals surface area contributed by atoms with E-state index >= 15 is 0 Å². The predicted molar refractivity (Wildman–Crippen MR) is 145 cm³/mol. The number of hydrogen-bond acceptors (Lipinski definition) is 5. The zero-order chi connectivity index (χ0) is 27.5. The number of hydrogen-bond donors (Lipinski definition) is 2. The highest BCUT2D eigenvalue weighted by Crippen LogP contribution is 2.37. The van der Waals surface area contributed by atoms with E-state index in [4.69, 9.17) is 4.74 Å². The standard InChI is InChI=1S/C31H34N2O5/c1-4-28(35)32-26(27(34)20-22(2)30(37)38-3)21-29(36)33-31(23-14-8-5-9-15-23,24-16-10-6-11-17-24)25-18-12-7-13-19-25/h5-19,22,26H,4,20-21H2,1-3H3,(H,32,35)(H,33,36)/t22-,26-/m1/s1. The highest BCUT2D eigenvalue weighted by molar-refractivity contribution is 5.95. The number of amides is 2. The van der Waals surface area contributed by atoms with E-state index in [9.17, 15) is 19.2 Å². The molecule has 7 nitrogen and oxygen atoms in total. The lowest BCUT2D eigenvalue weighted by Gasteiger charge is -2.37. The molecule has 2 N–H and O–H groups in total. The maximum absolute atomic E-state index is 13.7. The number of rotatable bonds is 12. The van der Waals surface area contributed by atoms with E-state index in [1.807, 2.05) is 91.0 Å². The minimum atomic E-state index is -1.09. The Balaban J connectivity index is 2.01. The van der Waals surface area contributed by atoms with Crippen molar-refractivity contribution in [3.63, 3.8) is 0 Å². The van der Waals surface area contributed by atoms with Crippen molar-refractivity contribution in [3.05, 3.63) is 108 Å². The van der Waals surface area contributed by atoms with Gasteiger partial charge in [-0.2, -0.15) is 0 Å². The van der Waals surface area contributed by atoms with Crippen LogP contribution >= 0.6 is 0 Å². The van der Waals surface area contributed by atoms with Gasteiger partial charge in [0, 0.05) is 12.8 Å². The molecule has 38 heavy (non-hydrogen) atoms.